The van der Waals surface area contributed by atoms with E-state index in [0.29, 0.717) is 30.6 Å². The van der Waals surface area contributed by atoms with Crippen LogP contribution in [-0.2, 0) is 11.3 Å². The van der Waals surface area contributed by atoms with Crippen LogP contribution in [0.3, 0.4) is 0 Å². The zero-order chi connectivity index (χ0) is 25.1. The first kappa shape index (κ1) is 25.1. The van der Waals surface area contributed by atoms with Crippen molar-refractivity contribution in [3.05, 3.63) is 36.2 Å². The number of furan rings is 1. The second kappa shape index (κ2) is 10.8. The number of likely N-dealkylation sites (tertiary alicyclic amines) is 1. The second-order valence-corrected chi connectivity index (χ2v) is 11.3. The third-order valence-electron chi connectivity index (χ3n) is 8.76. The molecule has 2 amide bonds. The van der Waals surface area contributed by atoms with Crippen molar-refractivity contribution in [2.24, 2.45) is 0 Å². The summed E-state index contributed by atoms with van der Waals surface area (Å²) in [6.07, 6.45) is 13.4. The first-order valence-corrected chi connectivity index (χ1v) is 14.1. The lowest BCUT2D eigenvalue weighted by Crippen LogP contribution is -2.66. The van der Waals surface area contributed by atoms with Gasteiger partial charge in [-0.25, -0.2) is 0 Å². The first-order valence-electron chi connectivity index (χ1n) is 14.1. The molecule has 4 heterocycles. The van der Waals surface area contributed by atoms with E-state index in [0.717, 1.165) is 44.5 Å². The number of nitrogens with zero attached hydrogens (tertiary/aromatic N) is 3. The summed E-state index contributed by atoms with van der Waals surface area (Å²) in [7, 11) is 0. The molecule has 2 aliphatic heterocycles. The van der Waals surface area contributed by atoms with Gasteiger partial charge in [0.15, 0.2) is 0 Å². The number of aromatic nitrogens is 1. The van der Waals surface area contributed by atoms with Gasteiger partial charge in [-0.2, -0.15) is 0 Å². The van der Waals surface area contributed by atoms with E-state index in [1.165, 1.54) is 38.5 Å². The Kier molecular flexibility index (Phi) is 7.56. The fraction of sp³-hybridized carbons (Fsp3) is 0.655. The molecule has 1 N–H and O–H groups in total. The summed E-state index contributed by atoms with van der Waals surface area (Å²) < 4.78 is 7.65. The molecule has 7 nitrogen and oxygen atoms in total. The molecule has 1 saturated heterocycles. The molecule has 2 unspecified atom stereocenters. The number of fused-ring (bicyclic) bond motifs is 1. The lowest BCUT2D eigenvalue weighted by molar-refractivity contribution is -0.134. The molecule has 196 valence electrons. The summed E-state index contributed by atoms with van der Waals surface area (Å²) in [6.45, 7) is 7.07. The van der Waals surface area contributed by atoms with Crippen molar-refractivity contribution in [2.75, 3.05) is 19.6 Å². The fourth-order valence-corrected chi connectivity index (χ4v) is 6.42. The molecule has 2 aromatic heterocycles. The SMILES string of the molecule is CC1CCCCN1CCN1C(=O)c2ccc(-c3ccco3)n2CC1(C)C(=O)NC1CCCCCCC1. The average Bonchev–Trinajstić information content (AvgIpc) is 3.51. The summed E-state index contributed by atoms with van der Waals surface area (Å²) in [5.41, 5.74) is 0.508. The van der Waals surface area contributed by atoms with Gasteiger partial charge in [-0.3, -0.25) is 14.5 Å². The van der Waals surface area contributed by atoms with Crippen LogP contribution >= 0.6 is 0 Å². The Morgan fingerprint density at radius 1 is 1.00 bits per heavy atom. The van der Waals surface area contributed by atoms with Crippen LogP contribution in [0.4, 0.5) is 0 Å². The van der Waals surface area contributed by atoms with Crippen LogP contribution in [0.25, 0.3) is 11.5 Å². The zero-order valence-corrected chi connectivity index (χ0v) is 22.0. The highest BCUT2D eigenvalue weighted by atomic mass is 16.3. The predicted molar refractivity (Wildman–Crippen MR) is 141 cm³/mol. The molecule has 5 rings (SSSR count). The predicted octanol–water partition coefficient (Wildman–Crippen LogP) is 5.07. The van der Waals surface area contributed by atoms with Gasteiger partial charge in [-0.1, -0.05) is 38.5 Å². The van der Waals surface area contributed by atoms with Crippen LogP contribution < -0.4 is 5.32 Å². The number of hydrogen-bond donors (Lipinski definition) is 1. The summed E-state index contributed by atoms with van der Waals surface area (Å²) >= 11 is 0. The summed E-state index contributed by atoms with van der Waals surface area (Å²) in [4.78, 5) is 32.3. The van der Waals surface area contributed by atoms with Crippen LogP contribution in [-0.4, -0.2) is 63.4 Å². The molecular formula is C29H42N4O3. The maximum Gasteiger partial charge on any atom is 0.271 e. The monoisotopic (exact) mass is 494 g/mol. The Labute approximate surface area is 215 Å². The molecular weight excluding hydrogens is 452 g/mol. The van der Waals surface area contributed by atoms with Gasteiger partial charge < -0.3 is 19.2 Å². The topological polar surface area (TPSA) is 70.7 Å². The van der Waals surface area contributed by atoms with Crippen LogP contribution in [0.2, 0.25) is 0 Å². The van der Waals surface area contributed by atoms with Crippen molar-refractivity contribution in [3.63, 3.8) is 0 Å². The van der Waals surface area contributed by atoms with E-state index in [1.54, 1.807) is 6.26 Å². The summed E-state index contributed by atoms with van der Waals surface area (Å²) in [5, 5.41) is 3.39. The lowest BCUT2D eigenvalue weighted by Gasteiger charge is -2.46. The van der Waals surface area contributed by atoms with Crippen LogP contribution in [0.1, 0.15) is 88.5 Å². The van der Waals surface area contributed by atoms with Gasteiger partial charge in [0, 0.05) is 25.2 Å². The Bertz CT molecular complexity index is 1040. The van der Waals surface area contributed by atoms with E-state index in [2.05, 4.69) is 17.1 Å². The number of carbonyl (C=O) groups is 2. The highest BCUT2D eigenvalue weighted by Crippen LogP contribution is 2.34. The van der Waals surface area contributed by atoms with Gasteiger partial charge in [0.25, 0.3) is 5.91 Å². The molecule has 0 radical (unpaired) electrons. The van der Waals surface area contributed by atoms with Crippen LogP contribution in [0.5, 0.6) is 0 Å². The van der Waals surface area contributed by atoms with Gasteiger partial charge >= 0.3 is 0 Å². The number of carbonyl (C=O) groups excluding carboxylic acids is 2. The Morgan fingerprint density at radius 2 is 1.72 bits per heavy atom. The molecule has 0 bridgehead atoms. The third-order valence-corrected chi connectivity index (χ3v) is 8.76. The number of nitrogens with one attached hydrogen (secondary N) is 1. The van der Waals surface area contributed by atoms with E-state index in [9.17, 15) is 9.59 Å². The maximum atomic E-state index is 14.0. The molecule has 3 aliphatic rings. The zero-order valence-electron chi connectivity index (χ0n) is 22.0. The van der Waals surface area contributed by atoms with Gasteiger partial charge in [-0.15, -0.1) is 0 Å². The Balaban J connectivity index is 1.42. The highest BCUT2D eigenvalue weighted by Gasteiger charge is 2.48. The molecule has 2 atom stereocenters. The van der Waals surface area contributed by atoms with E-state index >= 15 is 0 Å². The van der Waals surface area contributed by atoms with Crippen molar-refractivity contribution < 1.29 is 14.0 Å². The summed E-state index contributed by atoms with van der Waals surface area (Å²) in [5.74, 6) is 0.615. The molecule has 7 heteroatoms. The van der Waals surface area contributed by atoms with Gasteiger partial charge in [0.05, 0.1) is 18.5 Å². The minimum Gasteiger partial charge on any atom is -0.463 e. The van der Waals surface area contributed by atoms with Gasteiger partial charge in [0.1, 0.15) is 17.0 Å². The second-order valence-electron chi connectivity index (χ2n) is 11.3. The molecule has 1 saturated carbocycles. The molecule has 2 fully saturated rings. The minimum atomic E-state index is -0.966. The van der Waals surface area contributed by atoms with Crippen LogP contribution in [0.15, 0.2) is 34.9 Å². The van der Waals surface area contributed by atoms with Crippen molar-refractivity contribution in [2.45, 2.75) is 102 Å². The van der Waals surface area contributed by atoms with Gasteiger partial charge in [0.2, 0.25) is 5.91 Å². The van der Waals surface area contributed by atoms with E-state index in [-0.39, 0.29) is 17.9 Å². The third kappa shape index (κ3) is 4.99. The summed E-state index contributed by atoms with van der Waals surface area (Å²) in [6, 6.07) is 8.28. The normalized spacial score (nSPS) is 26.3. The van der Waals surface area contributed by atoms with Crippen molar-refractivity contribution in [3.8, 4) is 11.5 Å². The lowest BCUT2D eigenvalue weighted by atomic mass is 9.92. The van der Waals surface area contributed by atoms with Crippen molar-refractivity contribution in [1.82, 2.24) is 19.7 Å². The van der Waals surface area contributed by atoms with Crippen molar-refractivity contribution in [1.29, 1.82) is 0 Å². The highest BCUT2D eigenvalue weighted by molar-refractivity contribution is 6.00. The largest absolute Gasteiger partial charge is 0.463 e. The molecule has 2 aromatic rings. The first-order chi connectivity index (χ1) is 17.5. The molecule has 1 aliphatic carbocycles. The number of amides is 2. The molecule has 0 spiro atoms. The average molecular weight is 495 g/mol. The van der Waals surface area contributed by atoms with E-state index < -0.39 is 5.54 Å². The Hall–Kier alpha value is -2.54. The van der Waals surface area contributed by atoms with Crippen molar-refractivity contribution >= 4 is 11.8 Å². The maximum absolute atomic E-state index is 14.0. The van der Waals surface area contributed by atoms with Crippen LogP contribution in [0, 0.1) is 0 Å². The molecule has 0 aromatic carbocycles. The number of piperidine rings is 1. The minimum absolute atomic E-state index is 0.0298. The van der Waals surface area contributed by atoms with E-state index in [1.807, 2.05) is 40.7 Å². The van der Waals surface area contributed by atoms with E-state index in [4.69, 9.17) is 4.42 Å². The molecule has 36 heavy (non-hydrogen) atoms. The Morgan fingerprint density at radius 3 is 2.44 bits per heavy atom. The van der Waals surface area contributed by atoms with Gasteiger partial charge in [-0.05, 0) is 70.3 Å². The number of rotatable bonds is 6. The quantitative estimate of drug-likeness (QED) is 0.609. The standard InChI is InChI=1S/C29H42N4O3/c1-22-11-8-9-17-31(22)18-19-33-27(34)25-16-15-24(26-14-10-20-36-26)32(25)21-29(33,2)28(35)30-23-12-6-4-3-5-7-13-23/h10,14-16,20,22-23H,3-9,11-13,17-19,21H2,1-2H3,(H,30,35). The number of hydrogen-bond acceptors (Lipinski definition) is 4. The fourth-order valence-electron chi connectivity index (χ4n) is 6.42. The smallest absolute Gasteiger partial charge is 0.271 e.